The van der Waals surface area contributed by atoms with E-state index in [1.165, 1.54) is 15.9 Å². The van der Waals surface area contributed by atoms with E-state index in [0.29, 0.717) is 0 Å². The van der Waals surface area contributed by atoms with Gasteiger partial charge in [0.05, 0.1) is 0 Å². The maximum atomic E-state index is 11.3. The number of hydrogen-bond donors (Lipinski definition) is 2. The molecule has 6 aromatic rings. The van der Waals surface area contributed by atoms with Gasteiger partial charge in [-0.25, -0.2) is 0 Å². The van der Waals surface area contributed by atoms with Crippen molar-refractivity contribution in [3.8, 4) is 0 Å². The first kappa shape index (κ1) is 32.3. The Morgan fingerprint density at radius 1 is 0.481 bits per heavy atom. The molecule has 0 atom stereocenters. The Hall–Kier alpha value is -3.92. The molecule has 4 nitrogen and oxygen atoms in total. The van der Waals surface area contributed by atoms with Crippen molar-refractivity contribution in [2.45, 2.75) is 38.3 Å². The second kappa shape index (κ2) is 22.5. The average molecular weight is 895 g/mol. The Labute approximate surface area is 349 Å². The van der Waals surface area contributed by atoms with Crippen LogP contribution < -0.4 is 31.8 Å². The van der Waals surface area contributed by atoms with Gasteiger partial charge in [-0.15, -0.1) is 0 Å². The molecule has 0 spiro atoms. The van der Waals surface area contributed by atoms with Crippen molar-refractivity contribution < 1.29 is 30.8 Å². The van der Waals surface area contributed by atoms with Crippen molar-refractivity contribution in [2.75, 3.05) is 11.5 Å². The molecule has 0 amide bonds. The van der Waals surface area contributed by atoms with Gasteiger partial charge in [0, 0.05) is 17.2 Å². The number of halogens is 2. The molecule has 8 heteroatoms. The summed E-state index contributed by atoms with van der Waals surface area (Å²) >= 11 is 6.88. The Kier molecular flexibility index (Phi) is 13.4. The summed E-state index contributed by atoms with van der Waals surface area (Å²) in [5, 5.41) is 20.3. The van der Waals surface area contributed by atoms with E-state index in [-0.39, 0.29) is 11.5 Å². The van der Waals surface area contributed by atoms with Crippen LogP contribution in [0, 0.1) is 0 Å². The van der Waals surface area contributed by atoms with Crippen molar-refractivity contribution in [2.24, 2.45) is 0 Å². The maximum Gasteiger partial charge on any atom is -0.0134 e. The van der Waals surface area contributed by atoms with Crippen molar-refractivity contribution in [3.63, 3.8) is 0 Å². The van der Waals surface area contributed by atoms with Gasteiger partial charge in [0.15, 0.2) is 0 Å². The van der Waals surface area contributed by atoms with Crippen molar-refractivity contribution in [1.29, 1.82) is 0 Å². The number of benzene rings is 6. The number of aliphatic carboxylic acids is 2. The van der Waals surface area contributed by atoms with Crippen LogP contribution >= 0.6 is 44.6 Å². The summed E-state index contributed by atoms with van der Waals surface area (Å²) in [5.74, 6) is -2.72. The largest absolute Gasteiger partial charge is 0.0622 e. The van der Waals surface area contributed by atoms with E-state index in [0.717, 1.165) is 15.9 Å². The Morgan fingerprint density at radius 3 is 1.04 bits per heavy atom. The van der Waals surface area contributed by atoms with Gasteiger partial charge in [0.1, 0.15) is 0 Å². The standard InChI is InChI=1S/C23H24BrO2P.C18H15P.C5H9BrO2/c24-27(19-11-10-18-23(25)26,20-12-4-1-5-13-20,21-14-6-2-7-15-21)22-16-8-3-9-17-22;1-4-10-16(11-5-1)19(17-12-6-2-7-13-17)18-14-8-3-9-15-18;6-4-2-1-3-5(7)8/h1-9,12-17H,10-11,18-19H2,(H,25,26);1-15H;1-4H2,(H,7,8)/i10D2,11D2;;1D2,2D2. The minimum Gasteiger partial charge on any atom is -0.0622 e. The second-order valence-electron chi connectivity index (χ2n) is 11.7. The number of rotatable bonds is 15. The molecular weight excluding hydrogens is 838 g/mol. The summed E-state index contributed by atoms with van der Waals surface area (Å²) in [4.78, 5) is 21.5. The number of carboxylic acid groups (broad SMARTS) is 2. The zero-order chi connectivity index (χ0) is 45.7. The van der Waals surface area contributed by atoms with Gasteiger partial charge in [0.25, 0.3) is 0 Å². The Balaban J connectivity index is 0.000000230. The van der Waals surface area contributed by atoms with Gasteiger partial charge < -0.3 is 5.11 Å². The van der Waals surface area contributed by atoms with E-state index in [2.05, 4.69) is 122 Å². The molecule has 0 heterocycles. The van der Waals surface area contributed by atoms with Crippen molar-refractivity contribution in [3.05, 3.63) is 182 Å². The molecule has 0 unspecified atom stereocenters. The molecule has 2 N–H and O–H groups in total. The zero-order valence-electron chi connectivity index (χ0n) is 37.5. The van der Waals surface area contributed by atoms with Crippen LogP contribution in [0.2, 0.25) is 0 Å². The monoisotopic (exact) mass is 892 g/mol. The minimum atomic E-state index is -3.74. The molecule has 0 aliphatic carbocycles. The molecule has 0 radical (unpaired) electrons. The summed E-state index contributed by atoms with van der Waals surface area (Å²) in [5.41, 5.74) is 0. The third kappa shape index (κ3) is 12.0. The number of hydrogen-bond acceptors (Lipinski definition) is 2. The molecule has 0 saturated heterocycles. The van der Waals surface area contributed by atoms with E-state index >= 15 is 0 Å². The second-order valence-corrected chi connectivity index (χ2v) is 23.4. The van der Waals surface area contributed by atoms with Crippen LogP contribution in [0.25, 0.3) is 0 Å². The fraction of sp³-hybridized carbons (Fsp3) is 0.174. The van der Waals surface area contributed by atoms with E-state index in [1.807, 2.05) is 91.0 Å². The van der Waals surface area contributed by atoms with E-state index in [1.54, 1.807) is 0 Å². The van der Waals surface area contributed by atoms with E-state index in [9.17, 15) is 14.7 Å². The molecule has 0 fully saturated rings. The third-order valence-corrected chi connectivity index (χ3v) is 20.1. The first-order valence-corrected chi connectivity index (χ1v) is 23.9. The molecule has 54 heavy (non-hydrogen) atoms. The van der Waals surface area contributed by atoms with Crippen LogP contribution in [-0.4, -0.2) is 33.6 Å². The quantitative estimate of drug-likeness (QED) is 0.0796. The molecule has 6 rings (SSSR count). The molecule has 0 aliphatic rings. The zero-order valence-corrected chi connectivity index (χ0v) is 34.5. The van der Waals surface area contributed by atoms with Crippen LogP contribution in [0.1, 0.15) is 49.3 Å². The Morgan fingerprint density at radius 2 is 0.759 bits per heavy atom. The minimum absolute atomic E-state index is 0.222. The van der Waals surface area contributed by atoms with Gasteiger partial charge in [-0.2, -0.15) is 0 Å². The maximum absolute atomic E-state index is 11.3. The van der Waals surface area contributed by atoms with Crippen molar-refractivity contribution in [1.82, 2.24) is 0 Å². The number of carbonyl (C=O) groups is 2. The van der Waals surface area contributed by atoms with Gasteiger partial charge in [0.2, 0.25) is 0 Å². The molecule has 0 aliphatic heterocycles. The summed E-state index contributed by atoms with van der Waals surface area (Å²) in [6, 6.07) is 60.8. The molecule has 280 valence electrons. The third-order valence-electron chi connectivity index (χ3n) is 8.10. The molecule has 0 saturated carbocycles. The SMILES string of the molecule is [2H]C([2H])(CBr)C([2H])([2H])CC(=O)O.[2H]C([2H])(CC(=O)O)C([2H])([2H])CP(Br)(c1ccccc1)(c1ccccc1)c1ccccc1.c1ccc(P(c2ccccc2)c2ccccc2)cc1. The summed E-state index contributed by atoms with van der Waals surface area (Å²) in [7, 11) is -0.446. The van der Waals surface area contributed by atoms with Gasteiger partial charge in [-0.1, -0.05) is 107 Å². The molecular formula is C46H48Br2O4P2. The fourth-order valence-electron chi connectivity index (χ4n) is 5.64. The van der Waals surface area contributed by atoms with Gasteiger partial charge in [-0.05, 0) is 36.6 Å². The predicted molar refractivity (Wildman–Crippen MR) is 241 cm³/mol. The number of alkyl halides is 1. The molecule has 6 aromatic carbocycles. The first-order valence-electron chi connectivity index (χ1n) is 21.0. The van der Waals surface area contributed by atoms with E-state index < -0.39 is 63.5 Å². The summed E-state index contributed by atoms with van der Waals surface area (Å²) in [6.07, 6.45) is -11.5. The van der Waals surface area contributed by atoms with Crippen LogP contribution in [-0.2, 0) is 9.59 Å². The topological polar surface area (TPSA) is 74.6 Å². The Bertz CT molecular complexity index is 2130. The first-order chi connectivity index (χ1) is 29.2. The van der Waals surface area contributed by atoms with Crippen LogP contribution in [0.15, 0.2) is 182 Å². The van der Waals surface area contributed by atoms with Crippen LogP contribution in [0.4, 0.5) is 0 Å². The van der Waals surface area contributed by atoms with Crippen molar-refractivity contribution >= 4 is 88.4 Å². The molecule has 0 aromatic heterocycles. The van der Waals surface area contributed by atoms with Crippen LogP contribution in [0.3, 0.4) is 0 Å². The molecule has 0 bridgehead atoms. The average Bonchev–Trinajstić information content (AvgIpc) is 3.25. The van der Waals surface area contributed by atoms with Crippen LogP contribution in [0.5, 0.6) is 0 Å². The predicted octanol–water partition coefficient (Wildman–Crippen LogP) is 10.2. The fourth-order valence-corrected chi connectivity index (χ4v) is 14.9. The summed E-state index contributed by atoms with van der Waals surface area (Å²) < 4.78 is 62.8. The van der Waals surface area contributed by atoms with Gasteiger partial charge >= 0.3 is 180 Å². The van der Waals surface area contributed by atoms with Gasteiger partial charge in [-0.3, -0.25) is 4.79 Å². The summed E-state index contributed by atoms with van der Waals surface area (Å²) in [6.45, 7) is 0. The normalized spacial score (nSPS) is 14.8. The number of carboxylic acids is 2. The smallest absolute Gasteiger partial charge is 0.0134 e. The van der Waals surface area contributed by atoms with E-state index in [4.69, 9.17) is 16.1 Å².